The van der Waals surface area contributed by atoms with Crippen LogP contribution in [0.5, 0.6) is 0 Å². The van der Waals surface area contributed by atoms with Crippen LogP contribution in [0.25, 0.3) is 0 Å². The minimum absolute atomic E-state index is 0. The number of nitrogens with one attached hydrogen (secondary N) is 2. The number of thiocarbonyl (C=S) groups is 1. The van der Waals surface area contributed by atoms with Crippen LogP contribution in [-0.2, 0) is 0 Å². The summed E-state index contributed by atoms with van der Waals surface area (Å²) in [4.78, 5) is 5.95. The van der Waals surface area contributed by atoms with E-state index in [1.165, 1.54) is 0 Å². The Morgan fingerprint density at radius 1 is 1.53 bits per heavy atom. The first kappa shape index (κ1) is 15.6. The number of hydrogen-bond donors (Lipinski definition) is 2. The third-order valence-corrected chi connectivity index (χ3v) is 2.32. The maximum absolute atomic E-state index is 5.02. The Bertz CT molecular complexity index is 394. The van der Waals surface area contributed by atoms with Gasteiger partial charge in [-0.3, -0.25) is 10.4 Å². The Balaban J connectivity index is 0.00000256. The molecule has 0 aromatic carbocycles. The van der Waals surface area contributed by atoms with Gasteiger partial charge in [-0.25, -0.2) is 0 Å². The number of halogens is 1. The average molecular weight is 274 g/mol. The maximum Gasteiger partial charge on any atom is 0.189 e. The Hall–Kier alpha value is -1.40. The van der Waals surface area contributed by atoms with Crippen LogP contribution in [0.15, 0.2) is 23.4 Å². The Morgan fingerprint density at radius 3 is 2.82 bits per heavy atom. The summed E-state index contributed by atoms with van der Waals surface area (Å²) in [5, 5.41) is 7.60. The van der Waals surface area contributed by atoms with E-state index in [2.05, 4.69) is 20.8 Å². The number of anilines is 1. The lowest BCUT2D eigenvalue weighted by atomic mass is 10.3. The number of hydrogen-bond acceptors (Lipinski definition) is 4. The fourth-order valence-corrected chi connectivity index (χ4v) is 1.03. The summed E-state index contributed by atoms with van der Waals surface area (Å²) in [5.74, 6) is 0. The first-order chi connectivity index (χ1) is 7.65. The van der Waals surface area contributed by atoms with Gasteiger partial charge in [-0.1, -0.05) is 0 Å². The first-order valence-electron chi connectivity index (χ1n) is 4.78. The summed E-state index contributed by atoms with van der Waals surface area (Å²) < 4.78 is 0. The standard InChI is InChI=1S/C10H15N5S.ClH/c1-11-8-5-4-6-12-9(8)7-13-14-10(16)15(2)3;/h4-7,11H,1-3H3,(H,14,16);1H/b13-7+;. The molecule has 0 unspecified atom stereocenters. The highest BCUT2D eigenvalue weighted by Gasteiger charge is 1.98. The van der Waals surface area contributed by atoms with E-state index in [1.807, 2.05) is 33.3 Å². The molecule has 94 valence electrons. The second-order valence-corrected chi connectivity index (χ2v) is 3.64. The molecular formula is C10H16ClN5S. The molecule has 0 aliphatic carbocycles. The lowest BCUT2D eigenvalue weighted by Crippen LogP contribution is -2.30. The molecule has 0 fully saturated rings. The molecule has 1 aromatic heterocycles. The van der Waals surface area contributed by atoms with Crippen molar-refractivity contribution in [2.24, 2.45) is 5.10 Å². The van der Waals surface area contributed by atoms with E-state index in [0.717, 1.165) is 11.4 Å². The zero-order valence-corrected chi connectivity index (χ0v) is 11.6. The van der Waals surface area contributed by atoms with E-state index in [0.29, 0.717) is 5.11 Å². The number of hydrazone groups is 1. The molecule has 2 N–H and O–H groups in total. The van der Waals surface area contributed by atoms with Crippen molar-refractivity contribution in [3.8, 4) is 0 Å². The van der Waals surface area contributed by atoms with Crippen molar-refractivity contribution >= 4 is 41.6 Å². The molecule has 1 heterocycles. The van der Waals surface area contributed by atoms with E-state index in [-0.39, 0.29) is 12.4 Å². The third kappa shape index (κ3) is 4.97. The van der Waals surface area contributed by atoms with Gasteiger partial charge >= 0.3 is 0 Å². The van der Waals surface area contributed by atoms with E-state index >= 15 is 0 Å². The van der Waals surface area contributed by atoms with Crippen LogP contribution < -0.4 is 10.7 Å². The fourth-order valence-electron chi connectivity index (χ4n) is 0.980. The van der Waals surface area contributed by atoms with Crippen LogP contribution in [0.4, 0.5) is 5.69 Å². The summed E-state index contributed by atoms with van der Waals surface area (Å²) in [6.07, 6.45) is 3.34. The lowest BCUT2D eigenvalue weighted by molar-refractivity contribution is 0.606. The van der Waals surface area contributed by atoms with Crippen LogP contribution in [0.3, 0.4) is 0 Å². The van der Waals surface area contributed by atoms with Gasteiger partial charge in [-0.05, 0) is 24.4 Å². The molecule has 0 bridgehead atoms. The van der Waals surface area contributed by atoms with Crippen molar-refractivity contribution in [1.82, 2.24) is 15.3 Å². The average Bonchev–Trinajstić information content (AvgIpc) is 2.29. The first-order valence-corrected chi connectivity index (χ1v) is 5.19. The number of pyridine rings is 1. The highest BCUT2D eigenvalue weighted by Crippen LogP contribution is 2.07. The quantitative estimate of drug-likeness (QED) is 0.494. The van der Waals surface area contributed by atoms with Crippen molar-refractivity contribution in [3.05, 3.63) is 24.0 Å². The second-order valence-electron chi connectivity index (χ2n) is 3.26. The maximum atomic E-state index is 5.02. The molecule has 0 spiro atoms. The van der Waals surface area contributed by atoms with Crippen LogP contribution >= 0.6 is 24.6 Å². The van der Waals surface area contributed by atoms with Crippen molar-refractivity contribution in [2.45, 2.75) is 0 Å². The molecule has 0 atom stereocenters. The smallest absolute Gasteiger partial charge is 0.189 e. The molecule has 0 saturated carbocycles. The molecule has 1 rings (SSSR count). The highest BCUT2D eigenvalue weighted by molar-refractivity contribution is 7.80. The van der Waals surface area contributed by atoms with Crippen LogP contribution in [0.1, 0.15) is 5.69 Å². The normalized spacial score (nSPS) is 9.59. The van der Waals surface area contributed by atoms with Gasteiger partial charge in [0.25, 0.3) is 0 Å². The zero-order chi connectivity index (χ0) is 12.0. The molecular weight excluding hydrogens is 258 g/mol. The van der Waals surface area contributed by atoms with Gasteiger partial charge in [0.15, 0.2) is 5.11 Å². The molecule has 7 heteroatoms. The van der Waals surface area contributed by atoms with Gasteiger partial charge in [0.05, 0.1) is 11.9 Å². The fraction of sp³-hybridized carbons (Fsp3) is 0.300. The molecule has 5 nitrogen and oxygen atoms in total. The monoisotopic (exact) mass is 273 g/mol. The molecule has 0 aliphatic heterocycles. The largest absolute Gasteiger partial charge is 0.386 e. The summed E-state index contributed by atoms with van der Waals surface area (Å²) in [5.41, 5.74) is 4.42. The minimum atomic E-state index is 0. The summed E-state index contributed by atoms with van der Waals surface area (Å²) in [7, 11) is 5.54. The molecule has 0 aliphatic rings. The number of nitrogens with zero attached hydrogens (tertiary/aromatic N) is 3. The Morgan fingerprint density at radius 2 is 2.24 bits per heavy atom. The minimum Gasteiger partial charge on any atom is -0.386 e. The van der Waals surface area contributed by atoms with Gasteiger partial charge in [0.1, 0.15) is 5.69 Å². The summed E-state index contributed by atoms with van der Waals surface area (Å²) in [6.45, 7) is 0. The zero-order valence-electron chi connectivity index (χ0n) is 9.97. The third-order valence-electron chi connectivity index (χ3n) is 1.86. The van der Waals surface area contributed by atoms with Crippen LogP contribution in [-0.4, -0.2) is 42.4 Å². The summed E-state index contributed by atoms with van der Waals surface area (Å²) >= 11 is 5.02. The van der Waals surface area contributed by atoms with Gasteiger partial charge in [-0.2, -0.15) is 5.10 Å². The SMILES string of the molecule is CNc1cccnc1/C=N/NC(=S)N(C)C.Cl. The van der Waals surface area contributed by atoms with Crippen molar-refractivity contribution in [3.63, 3.8) is 0 Å². The van der Waals surface area contributed by atoms with Gasteiger partial charge in [0.2, 0.25) is 0 Å². The molecule has 1 aromatic rings. The van der Waals surface area contributed by atoms with E-state index in [1.54, 1.807) is 17.3 Å². The van der Waals surface area contributed by atoms with Crippen LogP contribution in [0.2, 0.25) is 0 Å². The predicted octanol–water partition coefficient (Wildman–Crippen LogP) is 1.32. The Kier molecular flexibility index (Phi) is 7.16. The highest BCUT2D eigenvalue weighted by atomic mass is 35.5. The van der Waals surface area contributed by atoms with E-state index in [4.69, 9.17) is 12.2 Å². The van der Waals surface area contributed by atoms with Crippen LogP contribution in [0, 0.1) is 0 Å². The van der Waals surface area contributed by atoms with Crippen molar-refractivity contribution in [2.75, 3.05) is 26.5 Å². The number of aromatic nitrogens is 1. The number of rotatable bonds is 3. The van der Waals surface area contributed by atoms with Gasteiger partial charge < -0.3 is 10.2 Å². The predicted molar refractivity (Wildman–Crippen MR) is 78.0 cm³/mol. The molecule has 0 amide bonds. The van der Waals surface area contributed by atoms with Gasteiger partial charge in [0, 0.05) is 27.3 Å². The van der Waals surface area contributed by atoms with Crippen molar-refractivity contribution in [1.29, 1.82) is 0 Å². The second kappa shape index (κ2) is 7.81. The molecule has 0 radical (unpaired) electrons. The molecule has 0 saturated heterocycles. The topological polar surface area (TPSA) is 52.6 Å². The summed E-state index contributed by atoms with van der Waals surface area (Å²) in [6, 6.07) is 3.79. The lowest BCUT2D eigenvalue weighted by Gasteiger charge is -2.11. The molecule has 17 heavy (non-hydrogen) atoms. The van der Waals surface area contributed by atoms with E-state index < -0.39 is 0 Å². The van der Waals surface area contributed by atoms with Gasteiger partial charge in [-0.15, -0.1) is 12.4 Å². The Labute approximate surface area is 113 Å². The van der Waals surface area contributed by atoms with E-state index in [9.17, 15) is 0 Å². The van der Waals surface area contributed by atoms with Crippen molar-refractivity contribution < 1.29 is 0 Å².